The van der Waals surface area contributed by atoms with E-state index in [9.17, 15) is 0 Å². The van der Waals surface area contributed by atoms with Crippen LogP contribution < -0.4 is 4.90 Å². The number of nitriles is 2. The van der Waals surface area contributed by atoms with Gasteiger partial charge in [-0.1, -0.05) is 30.0 Å². The van der Waals surface area contributed by atoms with E-state index >= 15 is 0 Å². The molecule has 2 rings (SSSR count). The zero-order valence-corrected chi connectivity index (χ0v) is 10.0. The summed E-state index contributed by atoms with van der Waals surface area (Å²) in [4.78, 5) is 1.92. The Morgan fingerprint density at radius 1 is 1.18 bits per heavy atom. The highest BCUT2D eigenvalue weighted by atomic mass is 32.2. The van der Waals surface area contributed by atoms with Crippen LogP contribution in [0.5, 0.6) is 0 Å². The van der Waals surface area contributed by atoms with E-state index in [1.54, 1.807) is 0 Å². The van der Waals surface area contributed by atoms with Crippen LogP contribution in [-0.2, 0) is 0 Å². The number of para-hydroxylation sites is 1. The molecule has 0 saturated heterocycles. The predicted molar refractivity (Wildman–Crippen MR) is 68.5 cm³/mol. The van der Waals surface area contributed by atoms with Crippen LogP contribution in [0, 0.1) is 22.7 Å². The molecule has 0 N–H and O–H groups in total. The van der Waals surface area contributed by atoms with Gasteiger partial charge in [-0.05, 0) is 24.5 Å². The number of hydrogen-bond donors (Lipinski definition) is 0. The number of benzene rings is 1. The highest BCUT2D eigenvalue weighted by molar-refractivity contribution is 8.06. The van der Waals surface area contributed by atoms with E-state index in [1.807, 2.05) is 59.7 Å². The van der Waals surface area contributed by atoms with E-state index in [0.29, 0.717) is 5.03 Å². The zero-order valence-electron chi connectivity index (χ0n) is 9.21. The summed E-state index contributed by atoms with van der Waals surface area (Å²) in [5.41, 5.74) is 2.12. The fraction of sp³-hybridized carbons (Fsp3) is 0.0769. The summed E-state index contributed by atoms with van der Waals surface area (Å²) in [7, 11) is 0. The molecule has 0 amide bonds. The number of thioether (sulfide) groups is 1. The van der Waals surface area contributed by atoms with Crippen molar-refractivity contribution in [1.82, 2.24) is 0 Å². The minimum atomic E-state index is 0.145. The Morgan fingerprint density at radius 2 is 1.82 bits per heavy atom. The van der Waals surface area contributed by atoms with Crippen molar-refractivity contribution < 1.29 is 0 Å². The summed E-state index contributed by atoms with van der Waals surface area (Å²) in [6.07, 6.45) is 0. The van der Waals surface area contributed by atoms with E-state index in [2.05, 4.69) is 0 Å². The summed E-state index contributed by atoms with van der Waals surface area (Å²) < 4.78 is 0. The standard InChI is InChI=1S/C13H9N3S/c1-10-9-17-13(11(7-14)8-15)16(10)12-5-3-2-4-6-12/h2-6,9H,1H3. The number of nitrogens with zero attached hydrogens (tertiary/aromatic N) is 3. The molecule has 0 saturated carbocycles. The van der Waals surface area contributed by atoms with Crippen molar-refractivity contribution in [3.05, 3.63) is 52.0 Å². The minimum Gasteiger partial charge on any atom is -0.306 e. The topological polar surface area (TPSA) is 50.8 Å². The third kappa shape index (κ3) is 2.04. The van der Waals surface area contributed by atoms with E-state index in [-0.39, 0.29) is 5.57 Å². The van der Waals surface area contributed by atoms with Crippen LogP contribution in [0.2, 0.25) is 0 Å². The normalized spacial score (nSPS) is 13.9. The fourth-order valence-electron chi connectivity index (χ4n) is 1.60. The molecule has 0 radical (unpaired) electrons. The van der Waals surface area contributed by atoms with Crippen molar-refractivity contribution in [3.63, 3.8) is 0 Å². The highest BCUT2D eigenvalue weighted by Gasteiger charge is 2.23. The van der Waals surface area contributed by atoms with Crippen molar-refractivity contribution >= 4 is 17.4 Å². The molecule has 0 aromatic heterocycles. The zero-order chi connectivity index (χ0) is 12.3. The molecular weight excluding hydrogens is 230 g/mol. The molecule has 0 atom stereocenters. The Bertz CT molecular complexity index is 557. The van der Waals surface area contributed by atoms with Crippen LogP contribution >= 0.6 is 11.8 Å². The van der Waals surface area contributed by atoms with E-state index < -0.39 is 0 Å². The first kappa shape index (κ1) is 11.3. The average molecular weight is 239 g/mol. The number of rotatable bonds is 1. The summed E-state index contributed by atoms with van der Waals surface area (Å²) in [5.74, 6) is 0. The van der Waals surface area contributed by atoms with Gasteiger partial charge in [0.2, 0.25) is 0 Å². The van der Waals surface area contributed by atoms with Crippen LogP contribution in [-0.4, -0.2) is 0 Å². The van der Waals surface area contributed by atoms with Gasteiger partial charge >= 0.3 is 0 Å². The van der Waals surface area contributed by atoms with Gasteiger partial charge in [-0.2, -0.15) is 10.5 Å². The number of allylic oxidation sites excluding steroid dienone is 2. The van der Waals surface area contributed by atoms with Crippen molar-refractivity contribution in [1.29, 1.82) is 10.5 Å². The summed E-state index contributed by atoms with van der Waals surface area (Å²) in [6.45, 7) is 1.96. The second-order valence-electron chi connectivity index (χ2n) is 3.45. The quantitative estimate of drug-likeness (QED) is 0.705. The van der Waals surface area contributed by atoms with Gasteiger partial charge in [-0.3, -0.25) is 0 Å². The first-order chi connectivity index (χ1) is 8.27. The highest BCUT2D eigenvalue weighted by Crippen LogP contribution is 2.39. The van der Waals surface area contributed by atoms with Crippen molar-refractivity contribution in [2.24, 2.45) is 0 Å². The molecule has 3 nitrogen and oxygen atoms in total. The first-order valence-electron chi connectivity index (χ1n) is 5.01. The van der Waals surface area contributed by atoms with Gasteiger partial charge in [0.25, 0.3) is 0 Å². The van der Waals surface area contributed by atoms with Crippen LogP contribution in [0.15, 0.2) is 52.0 Å². The summed E-state index contributed by atoms with van der Waals surface area (Å²) in [6, 6.07) is 13.6. The molecule has 0 aliphatic carbocycles. The largest absolute Gasteiger partial charge is 0.306 e. The third-order valence-electron chi connectivity index (χ3n) is 2.35. The maximum atomic E-state index is 8.94. The van der Waals surface area contributed by atoms with Crippen LogP contribution in [0.4, 0.5) is 5.69 Å². The second-order valence-corrected chi connectivity index (χ2v) is 4.31. The smallest absolute Gasteiger partial charge is 0.160 e. The lowest BCUT2D eigenvalue weighted by atomic mass is 10.2. The van der Waals surface area contributed by atoms with E-state index in [1.165, 1.54) is 11.8 Å². The number of hydrogen-bond acceptors (Lipinski definition) is 4. The fourth-order valence-corrected chi connectivity index (χ4v) is 2.55. The van der Waals surface area contributed by atoms with Gasteiger partial charge in [-0.15, -0.1) is 0 Å². The monoisotopic (exact) mass is 239 g/mol. The first-order valence-corrected chi connectivity index (χ1v) is 5.89. The lowest BCUT2D eigenvalue weighted by molar-refractivity contribution is 1.15. The molecule has 0 unspecified atom stereocenters. The molecule has 1 aliphatic heterocycles. The Morgan fingerprint density at radius 3 is 2.41 bits per heavy atom. The lowest BCUT2D eigenvalue weighted by Crippen LogP contribution is -2.15. The van der Waals surface area contributed by atoms with Gasteiger partial charge < -0.3 is 4.90 Å². The molecule has 1 heterocycles. The molecule has 0 fully saturated rings. The predicted octanol–water partition coefficient (Wildman–Crippen LogP) is 3.36. The summed E-state index contributed by atoms with van der Waals surface area (Å²) >= 11 is 1.41. The summed E-state index contributed by atoms with van der Waals surface area (Å²) in [5, 5.41) is 20.5. The Kier molecular flexibility index (Phi) is 3.18. The van der Waals surface area contributed by atoms with Crippen LogP contribution in [0.1, 0.15) is 6.92 Å². The van der Waals surface area contributed by atoms with E-state index in [0.717, 1.165) is 11.4 Å². The van der Waals surface area contributed by atoms with Crippen molar-refractivity contribution in [2.75, 3.05) is 4.90 Å². The van der Waals surface area contributed by atoms with Crippen LogP contribution in [0.3, 0.4) is 0 Å². The lowest BCUT2D eigenvalue weighted by Gasteiger charge is -2.21. The molecule has 0 bridgehead atoms. The van der Waals surface area contributed by atoms with Crippen LogP contribution in [0.25, 0.3) is 0 Å². The molecule has 1 aromatic rings. The SMILES string of the molecule is CC1=CSC(=C(C#N)C#N)N1c1ccccc1. The minimum absolute atomic E-state index is 0.145. The van der Waals surface area contributed by atoms with Crippen molar-refractivity contribution in [3.8, 4) is 12.1 Å². The maximum absolute atomic E-state index is 8.94. The van der Waals surface area contributed by atoms with Gasteiger partial charge in [-0.25, -0.2) is 0 Å². The molecule has 82 valence electrons. The third-order valence-corrected chi connectivity index (χ3v) is 3.42. The Balaban J connectivity index is 2.52. The second kappa shape index (κ2) is 4.78. The molecule has 4 heteroatoms. The molecular formula is C13H9N3S. The molecule has 17 heavy (non-hydrogen) atoms. The van der Waals surface area contributed by atoms with Gasteiger partial charge in [0, 0.05) is 11.4 Å². The molecule has 0 spiro atoms. The Labute approximate surface area is 104 Å². The van der Waals surface area contributed by atoms with Gasteiger partial charge in [0.1, 0.15) is 17.2 Å². The Hall–Kier alpha value is -2.17. The number of anilines is 1. The average Bonchev–Trinajstić information content (AvgIpc) is 2.74. The maximum Gasteiger partial charge on any atom is 0.160 e. The van der Waals surface area contributed by atoms with Crippen molar-refractivity contribution in [2.45, 2.75) is 6.92 Å². The van der Waals surface area contributed by atoms with Gasteiger partial charge in [0.15, 0.2) is 5.57 Å². The molecule has 1 aliphatic rings. The molecule has 1 aromatic carbocycles. The van der Waals surface area contributed by atoms with Gasteiger partial charge in [0.05, 0.1) is 0 Å². The van der Waals surface area contributed by atoms with E-state index in [4.69, 9.17) is 10.5 Å².